The minimum absolute atomic E-state index is 0.198. The van der Waals surface area contributed by atoms with Crippen LogP contribution in [0.2, 0.25) is 0 Å². The minimum Gasteiger partial charge on any atom is -0.493 e. The van der Waals surface area contributed by atoms with Crippen LogP contribution in [0.25, 0.3) is 0 Å². The smallest absolute Gasteiger partial charge is 0.148 e. The van der Waals surface area contributed by atoms with E-state index in [0.717, 1.165) is 72.9 Å². The number of hydrogen-bond acceptors (Lipinski definition) is 5. The van der Waals surface area contributed by atoms with Gasteiger partial charge in [0, 0.05) is 61.1 Å². The van der Waals surface area contributed by atoms with Crippen LogP contribution in [-0.4, -0.2) is 41.3 Å². The van der Waals surface area contributed by atoms with Crippen molar-refractivity contribution < 1.29 is 23.7 Å². The number of rotatable bonds is 14. The number of fused-ring (bicyclic) bond motifs is 2. The summed E-state index contributed by atoms with van der Waals surface area (Å²) in [5.41, 5.74) is 1.92. The number of carbonyl (C=O) groups is 1. The number of ether oxygens (including phenoxy) is 4. The third-order valence-electron chi connectivity index (χ3n) is 8.23. The number of hydrogen-bond donors (Lipinski definition) is 0. The highest BCUT2D eigenvalue weighted by molar-refractivity contribution is 5.93. The maximum Gasteiger partial charge on any atom is 0.148 e. The Kier molecular flexibility index (Phi) is 9.13. The van der Waals surface area contributed by atoms with Gasteiger partial charge in [-0.1, -0.05) is 12.1 Å². The molecule has 0 radical (unpaired) electrons. The molecule has 0 N–H and O–H groups in total. The molecule has 0 fully saturated rings. The summed E-state index contributed by atoms with van der Waals surface area (Å²) in [5, 5.41) is 0. The second kappa shape index (κ2) is 13.7. The Labute approximate surface area is 248 Å². The van der Waals surface area contributed by atoms with Crippen molar-refractivity contribution in [1.29, 1.82) is 0 Å². The van der Waals surface area contributed by atoms with Gasteiger partial charge in [0.05, 0.1) is 38.3 Å². The maximum atomic E-state index is 14.0. The molecule has 2 aromatic heterocycles. The summed E-state index contributed by atoms with van der Waals surface area (Å²) < 4.78 is 28.4. The SMILES string of the molecule is O=C(C1CCOc2cc(OCCCCn3cccc3)ccc21)C1CCOc2cc(OCCCCn3cccc3)ccc21. The zero-order valence-corrected chi connectivity index (χ0v) is 24.2. The van der Waals surface area contributed by atoms with Gasteiger partial charge in [-0.15, -0.1) is 0 Å². The summed E-state index contributed by atoms with van der Waals surface area (Å²) in [6, 6.07) is 20.0. The number of aryl methyl sites for hydroxylation is 2. The Morgan fingerprint density at radius 1 is 0.667 bits per heavy atom. The first kappa shape index (κ1) is 28.0. The highest BCUT2D eigenvalue weighted by Gasteiger charge is 2.36. The van der Waals surface area contributed by atoms with Crippen molar-refractivity contribution in [2.24, 2.45) is 0 Å². The van der Waals surface area contributed by atoms with Gasteiger partial charge in [0.15, 0.2) is 0 Å². The molecule has 0 saturated heterocycles. The summed E-state index contributed by atoms with van der Waals surface area (Å²) in [5.74, 6) is 2.94. The third-order valence-corrected chi connectivity index (χ3v) is 8.23. The molecule has 7 heteroatoms. The molecule has 4 aromatic rings. The lowest BCUT2D eigenvalue weighted by atomic mass is 9.78. The van der Waals surface area contributed by atoms with Gasteiger partial charge in [-0.2, -0.15) is 0 Å². The molecule has 0 spiro atoms. The summed E-state index contributed by atoms with van der Waals surface area (Å²) in [6.45, 7) is 4.34. The largest absolute Gasteiger partial charge is 0.493 e. The topological polar surface area (TPSA) is 63.9 Å². The van der Waals surface area contributed by atoms with Gasteiger partial charge < -0.3 is 28.1 Å². The van der Waals surface area contributed by atoms with E-state index < -0.39 is 0 Å². The van der Waals surface area contributed by atoms with E-state index in [1.165, 1.54) is 0 Å². The monoisotopic (exact) mass is 568 g/mol. The molecule has 6 rings (SSSR count). The van der Waals surface area contributed by atoms with E-state index in [9.17, 15) is 4.79 Å². The van der Waals surface area contributed by atoms with Crippen LogP contribution >= 0.6 is 0 Å². The second-order valence-corrected chi connectivity index (χ2v) is 11.1. The number of carbonyl (C=O) groups excluding carboxylic acids is 1. The van der Waals surface area contributed by atoms with Crippen LogP contribution in [0.1, 0.15) is 61.5 Å². The quantitative estimate of drug-likeness (QED) is 0.153. The lowest BCUT2D eigenvalue weighted by Crippen LogP contribution is -2.29. The molecular formula is C35H40N2O5. The number of ketones is 1. The average Bonchev–Trinajstić information content (AvgIpc) is 3.74. The van der Waals surface area contributed by atoms with Crippen LogP contribution in [0.5, 0.6) is 23.0 Å². The molecule has 2 unspecified atom stereocenters. The fraction of sp³-hybridized carbons (Fsp3) is 0.400. The van der Waals surface area contributed by atoms with Crippen LogP contribution in [-0.2, 0) is 17.9 Å². The third kappa shape index (κ3) is 6.84. The van der Waals surface area contributed by atoms with E-state index >= 15 is 0 Å². The second-order valence-electron chi connectivity index (χ2n) is 11.1. The zero-order chi connectivity index (χ0) is 28.6. The molecule has 42 heavy (non-hydrogen) atoms. The lowest BCUT2D eigenvalue weighted by Gasteiger charge is -2.31. The van der Waals surface area contributed by atoms with Crippen molar-refractivity contribution in [3.8, 4) is 23.0 Å². The Morgan fingerprint density at radius 3 is 1.57 bits per heavy atom. The molecule has 2 aliphatic heterocycles. The zero-order valence-electron chi connectivity index (χ0n) is 24.2. The normalized spacial score (nSPS) is 17.4. The van der Waals surface area contributed by atoms with E-state index in [0.29, 0.717) is 39.3 Å². The molecule has 0 amide bonds. The highest BCUT2D eigenvalue weighted by atomic mass is 16.5. The number of aromatic nitrogens is 2. The van der Waals surface area contributed by atoms with Crippen LogP contribution in [0.15, 0.2) is 85.5 Å². The first-order valence-electron chi connectivity index (χ1n) is 15.3. The summed E-state index contributed by atoms with van der Waals surface area (Å²) in [4.78, 5) is 14.0. The number of unbranched alkanes of at least 4 members (excludes halogenated alkanes) is 2. The van der Waals surface area contributed by atoms with Crippen molar-refractivity contribution in [2.75, 3.05) is 26.4 Å². The van der Waals surface area contributed by atoms with Gasteiger partial charge in [0.1, 0.15) is 28.8 Å². The molecule has 2 aliphatic rings. The molecule has 2 atom stereocenters. The van der Waals surface area contributed by atoms with E-state index in [4.69, 9.17) is 18.9 Å². The number of benzene rings is 2. The standard InChI is InChI=1S/C35H40N2O5/c38-35(31-13-23-41-33-25-27(9-11-29(31)33)39-21-7-5-19-36-15-1-2-16-36)32-14-24-42-34-26-28(10-12-30(32)34)40-22-8-6-20-37-17-3-4-18-37/h1-4,9-12,15-18,25-26,31-32H,5-8,13-14,19-24H2. The highest BCUT2D eigenvalue weighted by Crippen LogP contribution is 2.43. The molecule has 0 saturated carbocycles. The lowest BCUT2D eigenvalue weighted by molar-refractivity contribution is -0.123. The van der Waals surface area contributed by atoms with Gasteiger partial charge in [-0.3, -0.25) is 4.79 Å². The van der Waals surface area contributed by atoms with Crippen molar-refractivity contribution in [3.05, 3.63) is 96.6 Å². The van der Waals surface area contributed by atoms with E-state index in [2.05, 4.69) is 33.9 Å². The van der Waals surface area contributed by atoms with Crippen LogP contribution < -0.4 is 18.9 Å². The summed E-state index contributed by atoms with van der Waals surface area (Å²) >= 11 is 0. The molecule has 220 valence electrons. The first-order valence-corrected chi connectivity index (χ1v) is 15.3. The van der Waals surface area contributed by atoms with Gasteiger partial charge in [-0.05, 0) is 74.9 Å². The molecule has 7 nitrogen and oxygen atoms in total. The molecule has 0 bridgehead atoms. The Morgan fingerprint density at radius 2 is 1.12 bits per heavy atom. The molecular weight excluding hydrogens is 528 g/mol. The minimum atomic E-state index is -0.198. The van der Waals surface area contributed by atoms with Crippen molar-refractivity contribution in [3.63, 3.8) is 0 Å². The first-order chi connectivity index (χ1) is 20.7. The van der Waals surface area contributed by atoms with Crippen LogP contribution in [0.4, 0.5) is 0 Å². The molecule has 0 aliphatic carbocycles. The van der Waals surface area contributed by atoms with Crippen LogP contribution in [0.3, 0.4) is 0 Å². The average molecular weight is 569 g/mol. The number of Topliss-reactive ketones (excluding diaryl/α,β-unsaturated/α-hetero) is 1. The van der Waals surface area contributed by atoms with Gasteiger partial charge in [-0.25, -0.2) is 0 Å². The van der Waals surface area contributed by atoms with Crippen LogP contribution in [0, 0.1) is 0 Å². The maximum absolute atomic E-state index is 14.0. The Balaban J connectivity index is 1.03. The van der Waals surface area contributed by atoms with Gasteiger partial charge in [0.2, 0.25) is 0 Å². The van der Waals surface area contributed by atoms with E-state index in [-0.39, 0.29) is 17.6 Å². The van der Waals surface area contributed by atoms with Crippen molar-refractivity contribution in [2.45, 2.75) is 63.5 Å². The predicted octanol–water partition coefficient (Wildman–Crippen LogP) is 7.01. The summed E-state index contributed by atoms with van der Waals surface area (Å²) in [7, 11) is 0. The predicted molar refractivity (Wildman–Crippen MR) is 162 cm³/mol. The van der Waals surface area contributed by atoms with E-state index in [1.807, 2.05) is 60.7 Å². The van der Waals surface area contributed by atoms with Gasteiger partial charge in [0.25, 0.3) is 0 Å². The fourth-order valence-electron chi connectivity index (χ4n) is 5.96. The van der Waals surface area contributed by atoms with E-state index in [1.54, 1.807) is 0 Å². The number of nitrogens with zero attached hydrogens (tertiary/aromatic N) is 2. The van der Waals surface area contributed by atoms with Crippen molar-refractivity contribution in [1.82, 2.24) is 9.13 Å². The Hall–Kier alpha value is -4.13. The molecule has 2 aromatic carbocycles. The molecule has 4 heterocycles. The Bertz CT molecular complexity index is 1320. The summed E-state index contributed by atoms with van der Waals surface area (Å²) in [6.07, 6.45) is 13.8. The fourth-order valence-corrected chi connectivity index (χ4v) is 5.96. The van der Waals surface area contributed by atoms with Crippen molar-refractivity contribution >= 4 is 5.78 Å². The van der Waals surface area contributed by atoms with Gasteiger partial charge >= 0.3 is 0 Å².